The van der Waals surface area contributed by atoms with Gasteiger partial charge in [-0.3, -0.25) is 9.59 Å². The van der Waals surface area contributed by atoms with E-state index in [0.29, 0.717) is 24.9 Å². The first-order valence-electron chi connectivity index (χ1n) is 9.87. The molecule has 1 amide bonds. The molecule has 0 radical (unpaired) electrons. The monoisotopic (exact) mass is 398 g/mol. The van der Waals surface area contributed by atoms with Crippen LogP contribution in [0.3, 0.4) is 0 Å². The Labute approximate surface area is 170 Å². The molecule has 154 valence electrons. The normalized spacial score (nSPS) is 15.0. The Kier molecular flexibility index (Phi) is 6.52. The maximum Gasteiger partial charge on any atom is 0.317 e. The Morgan fingerprint density at radius 2 is 1.72 bits per heavy atom. The van der Waals surface area contributed by atoms with Crippen LogP contribution in [0.25, 0.3) is 0 Å². The topological polar surface area (TPSA) is 58.6 Å². The first-order valence-corrected chi connectivity index (χ1v) is 9.87. The molecule has 3 rings (SSSR count). The number of amides is 1. The van der Waals surface area contributed by atoms with Crippen molar-refractivity contribution in [3.63, 3.8) is 0 Å². The van der Waals surface area contributed by atoms with Crippen molar-refractivity contribution in [3.05, 3.63) is 65.5 Å². The highest BCUT2D eigenvalue weighted by Crippen LogP contribution is 2.43. The molecule has 0 atom stereocenters. The van der Waals surface area contributed by atoms with Crippen LogP contribution in [0.5, 0.6) is 0 Å². The lowest BCUT2D eigenvalue weighted by Gasteiger charge is -2.27. The minimum absolute atomic E-state index is 0.350. The minimum atomic E-state index is -0.992. The third-order valence-electron chi connectivity index (χ3n) is 5.51. The number of carbonyl (C=O) groups excluding carboxylic acids is 2. The standard InChI is InChI=1S/C23H27FN2O3/c1-26(2)18-11-9-17(10-12-18)15-25-21(27)16-29-22(28)23(13-5-6-14-23)19-7-3-4-8-20(19)24/h3-4,7-12H,5-6,13-16H2,1-2H3,(H,25,27). The number of halogens is 1. The van der Waals surface area contributed by atoms with Crippen molar-refractivity contribution in [2.24, 2.45) is 0 Å². The number of esters is 1. The van der Waals surface area contributed by atoms with E-state index in [2.05, 4.69) is 5.32 Å². The fraction of sp³-hybridized carbons (Fsp3) is 0.391. The van der Waals surface area contributed by atoms with Crippen molar-refractivity contribution in [3.8, 4) is 0 Å². The van der Waals surface area contributed by atoms with E-state index in [1.165, 1.54) is 6.07 Å². The molecule has 0 bridgehead atoms. The van der Waals surface area contributed by atoms with E-state index in [1.54, 1.807) is 18.2 Å². The van der Waals surface area contributed by atoms with Gasteiger partial charge < -0.3 is 15.0 Å². The Bertz CT molecular complexity index is 859. The summed E-state index contributed by atoms with van der Waals surface area (Å²) >= 11 is 0. The van der Waals surface area contributed by atoms with Gasteiger partial charge in [0.25, 0.3) is 5.91 Å². The molecular formula is C23H27FN2O3. The van der Waals surface area contributed by atoms with Crippen molar-refractivity contribution >= 4 is 17.6 Å². The SMILES string of the molecule is CN(C)c1ccc(CNC(=O)COC(=O)C2(c3ccccc3F)CCCC2)cc1. The van der Waals surface area contributed by atoms with Crippen LogP contribution in [0, 0.1) is 5.82 Å². The average molecular weight is 398 g/mol. The van der Waals surface area contributed by atoms with Gasteiger partial charge in [-0.25, -0.2) is 4.39 Å². The smallest absolute Gasteiger partial charge is 0.317 e. The highest BCUT2D eigenvalue weighted by Gasteiger charge is 2.45. The lowest BCUT2D eigenvalue weighted by atomic mass is 9.78. The lowest BCUT2D eigenvalue weighted by molar-refractivity contribution is -0.154. The van der Waals surface area contributed by atoms with Crippen LogP contribution >= 0.6 is 0 Å². The third-order valence-corrected chi connectivity index (χ3v) is 5.51. The Morgan fingerprint density at radius 3 is 2.34 bits per heavy atom. The van der Waals surface area contributed by atoms with Crippen LogP contribution in [-0.2, 0) is 26.3 Å². The third kappa shape index (κ3) is 4.75. The predicted molar refractivity (Wildman–Crippen MR) is 110 cm³/mol. The van der Waals surface area contributed by atoms with Crippen molar-refractivity contribution in [1.29, 1.82) is 0 Å². The number of hydrogen-bond acceptors (Lipinski definition) is 4. The number of hydrogen-bond donors (Lipinski definition) is 1. The van der Waals surface area contributed by atoms with Gasteiger partial charge in [-0.2, -0.15) is 0 Å². The molecule has 0 heterocycles. The molecule has 5 nitrogen and oxygen atoms in total. The van der Waals surface area contributed by atoms with Crippen molar-refractivity contribution < 1.29 is 18.7 Å². The van der Waals surface area contributed by atoms with Gasteiger partial charge in [-0.05, 0) is 36.6 Å². The molecule has 1 saturated carbocycles. The summed E-state index contributed by atoms with van der Waals surface area (Å²) in [4.78, 5) is 27.0. The summed E-state index contributed by atoms with van der Waals surface area (Å²) in [7, 11) is 3.92. The van der Waals surface area contributed by atoms with Gasteiger partial charge >= 0.3 is 5.97 Å². The summed E-state index contributed by atoms with van der Waals surface area (Å²) in [6, 6.07) is 14.1. The molecule has 6 heteroatoms. The van der Waals surface area contributed by atoms with Crippen LogP contribution in [-0.4, -0.2) is 32.6 Å². The van der Waals surface area contributed by atoms with Gasteiger partial charge in [0, 0.05) is 31.9 Å². The molecule has 29 heavy (non-hydrogen) atoms. The summed E-state index contributed by atoms with van der Waals surface area (Å²) in [5, 5.41) is 2.75. The first-order chi connectivity index (χ1) is 13.9. The van der Waals surface area contributed by atoms with E-state index >= 15 is 0 Å². The number of anilines is 1. The number of nitrogens with zero attached hydrogens (tertiary/aromatic N) is 1. The van der Waals surface area contributed by atoms with Gasteiger partial charge in [0.2, 0.25) is 0 Å². The van der Waals surface area contributed by atoms with E-state index in [9.17, 15) is 14.0 Å². The molecule has 1 aliphatic rings. The molecular weight excluding hydrogens is 371 g/mol. The second-order valence-electron chi connectivity index (χ2n) is 7.68. The summed E-state index contributed by atoms with van der Waals surface area (Å²) in [6.07, 6.45) is 2.73. The van der Waals surface area contributed by atoms with Crippen LogP contribution in [0.2, 0.25) is 0 Å². The predicted octanol–water partition coefficient (Wildman–Crippen LogP) is 3.56. The fourth-order valence-corrected chi connectivity index (χ4v) is 3.84. The summed E-state index contributed by atoms with van der Waals surface area (Å²) in [5.74, 6) is -1.31. The molecule has 2 aromatic rings. The molecule has 1 aliphatic carbocycles. The van der Waals surface area contributed by atoms with E-state index < -0.39 is 17.2 Å². The summed E-state index contributed by atoms with van der Waals surface area (Å²) in [6.45, 7) is -0.0205. The number of ether oxygens (including phenoxy) is 1. The Balaban J connectivity index is 1.56. The number of rotatable bonds is 7. The fourth-order valence-electron chi connectivity index (χ4n) is 3.84. The van der Waals surface area contributed by atoms with Crippen LogP contribution in [0.1, 0.15) is 36.8 Å². The number of carbonyl (C=O) groups is 2. The first kappa shape index (κ1) is 20.8. The van der Waals surface area contributed by atoms with Crippen molar-refractivity contribution in [1.82, 2.24) is 5.32 Å². The van der Waals surface area contributed by atoms with Gasteiger partial charge in [-0.1, -0.05) is 43.2 Å². The maximum absolute atomic E-state index is 14.3. The second-order valence-corrected chi connectivity index (χ2v) is 7.68. The number of nitrogens with one attached hydrogen (secondary N) is 1. The zero-order valence-corrected chi connectivity index (χ0v) is 16.9. The van der Waals surface area contributed by atoms with Crippen LogP contribution < -0.4 is 10.2 Å². The van der Waals surface area contributed by atoms with Gasteiger partial charge in [0.15, 0.2) is 6.61 Å². The molecule has 0 aliphatic heterocycles. The highest BCUT2D eigenvalue weighted by molar-refractivity contribution is 5.86. The van der Waals surface area contributed by atoms with Gasteiger partial charge in [0.05, 0.1) is 5.41 Å². The molecule has 0 spiro atoms. The molecule has 0 unspecified atom stereocenters. The van der Waals surface area contributed by atoms with E-state index in [4.69, 9.17) is 4.74 Å². The second kappa shape index (κ2) is 9.07. The molecule has 2 aromatic carbocycles. The van der Waals surface area contributed by atoms with Crippen molar-refractivity contribution in [2.45, 2.75) is 37.6 Å². The average Bonchev–Trinajstić information content (AvgIpc) is 3.22. The summed E-state index contributed by atoms with van der Waals surface area (Å²) in [5.41, 5.74) is 1.40. The van der Waals surface area contributed by atoms with E-state index in [-0.39, 0.29) is 12.5 Å². The van der Waals surface area contributed by atoms with Gasteiger partial charge in [0.1, 0.15) is 5.82 Å². The van der Waals surface area contributed by atoms with E-state index in [1.807, 2.05) is 43.3 Å². The Hall–Kier alpha value is -2.89. The Morgan fingerprint density at radius 1 is 1.07 bits per heavy atom. The van der Waals surface area contributed by atoms with Gasteiger partial charge in [-0.15, -0.1) is 0 Å². The van der Waals surface area contributed by atoms with Crippen LogP contribution in [0.15, 0.2) is 48.5 Å². The molecule has 1 N–H and O–H groups in total. The zero-order chi connectivity index (χ0) is 20.9. The minimum Gasteiger partial charge on any atom is -0.455 e. The maximum atomic E-state index is 14.3. The van der Waals surface area contributed by atoms with Crippen molar-refractivity contribution in [2.75, 3.05) is 25.6 Å². The van der Waals surface area contributed by atoms with Crippen LogP contribution in [0.4, 0.5) is 10.1 Å². The summed E-state index contributed by atoms with van der Waals surface area (Å²) < 4.78 is 19.7. The lowest BCUT2D eigenvalue weighted by Crippen LogP contribution is -2.38. The molecule has 1 fully saturated rings. The highest BCUT2D eigenvalue weighted by atomic mass is 19.1. The number of benzene rings is 2. The zero-order valence-electron chi connectivity index (χ0n) is 16.9. The largest absolute Gasteiger partial charge is 0.455 e. The van der Waals surface area contributed by atoms with E-state index in [0.717, 1.165) is 24.1 Å². The molecule has 0 aromatic heterocycles. The molecule has 0 saturated heterocycles. The quantitative estimate of drug-likeness (QED) is 0.725.